The Hall–Kier alpha value is -3.59. The smallest absolute Gasteiger partial charge is 0.416 e. The molecule has 4 rings (SSSR count). The van der Waals surface area contributed by atoms with Crippen LogP contribution in [0.15, 0.2) is 76.8 Å². The Morgan fingerprint density at radius 3 is 2.31 bits per heavy atom. The summed E-state index contributed by atoms with van der Waals surface area (Å²) in [7, 11) is 1.47. The van der Waals surface area contributed by atoms with E-state index in [0.29, 0.717) is 16.9 Å². The van der Waals surface area contributed by atoms with Gasteiger partial charge in [0.05, 0.1) is 24.3 Å². The lowest BCUT2D eigenvalue weighted by molar-refractivity contribution is -0.137. The number of methoxy groups -OCH3 is 1. The van der Waals surface area contributed by atoms with Gasteiger partial charge in [-0.25, -0.2) is 0 Å². The summed E-state index contributed by atoms with van der Waals surface area (Å²) in [6, 6.07) is 14.3. The number of alkyl halides is 3. The van der Waals surface area contributed by atoms with Gasteiger partial charge in [0, 0.05) is 15.7 Å². The number of Topliss-reactive ketones (excluding diaryl/α,β-unsaturated/α-hetero) is 1. The van der Waals surface area contributed by atoms with Crippen LogP contribution in [0.5, 0.6) is 5.75 Å². The highest BCUT2D eigenvalue weighted by Crippen LogP contribution is 2.43. The van der Waals surface area contributed by atoms with Gasteiger partial charge in [-0.2, -0.15) is 13.2 Å². The molecule has 1 saturated heterocycles. The first-order valence-electron chi connectivity index (χ1n) is 10.4. The average Bonchev–Trinajstić information content (AvgIpc) is 3.10. The Balaban J connectivity index is 1.95. The Kier molecular flexibility index (Phi) is 6.46. The number of hydrogen-bond donors (Lipinski definition) is 1. The number of nitrogens with zero attached hydrogens (tertiary/aromatic N) is 1. The van der Waals surface area contributed by atoms with Crippen molar-refractivity contribution in [2.75, 3.05) is 12.0 Å². The molecule has 35 heavy (non-hydrogen) atoms. The first-order valence-corrected chi connectivity index (χ1v) is 11.2. The van der Waals surface area contributed by atoms with Gasteiger partial charge in [0.15, 0.2) is 0 Å². The SMILES string of the molecule is COc1ccc(C2/C(=C(\O)c3ccc(Br)c(C)c3)C(=O)C(=O)N2c2cccc(C(F)(F)F)c2)cc1. The lowest BCUT2D eigenvalue weighted by Gasteiger charge is -2.26. The van der Waals surface area contributed by atoms with Crippen LogP contribution in [-0.4, -0.2) is 23.9 Å². The number of rotatable bonds is 4. The van der Waals surface area contributed by atoms with Crippen LogP contribution in [0.3, 0.4) is 0 Å². The van der Waals surface area contributed by atoms with E-state index in [1.54, 1.807) is 49.4 Å². The second kappa shape index (κ2) is 9.22. The molecule has 1 atom stereocenters. The van der Waals surface area contributed by atoms with Crippen LogP contribution in [0.2, 0.25) is 0 Å². The molecule has 180 valence electrons. The maximum Gasteiger partial charge on any atom is 0.416 e. The molecule has 9 heteroatoms. The molecular formula is C26H19BrF3NO4. The van der Waals surface area contributed by atoms with E-state index in [1.165, 1.54) is 19.2 Å². The van der Waals surface area contributed by atoms with Gasteiger partial charge in [0.25, 0.3) is 11.7 Å². The largest absolute Gasteiger partial charge is 0.507 e. The number of halogens is 4. The van der Waals surface area contributed by atoms with Crippen LogP contribution >= 0.6 is 15.9 Å². The van der Waals surface area contributed by atoms with E-state index in [9.17, 15) is 27.9 Å². The fraction of sp³-hybridized carbons (Fsp3) is 0.154. The topological polar surface area (TPSA) is 66.8 Å². The summed E-state index contributed by atoms with van der Waals surface area (Å²) in [6.45, 7) is 1.79. The van der Waals surface area contributed by atoms with Crippen molar-refractivity contribution in [3.63, 3.8) is 0 Å². The monoisotopic (exact) mass is 545 g/mol. The predicted molar refractivity (Wildman–Crippen MR) is 128 cm³/mol. The van der Waals surface area contributed by atoms with E-state index in [2.05, 4.69) is 15.9 Å². The zero-order valence-corrected chi connectivity index (χ0v) is 20.1. The van der Waals surface area contributed by atoms with Gasteiger partial charge >= 0.3 is 6.18 Å². The van der Waals surface area contributed by atoms with Crippen LogP contribution in [-0.2, 0) is 15.8 Å². The highest BCUT2D eigenvalue weighted by atomic mass is 79.9. The number of anilines is 1. The fourth-order valence-corrected chi connectivity index (χ4v) is 4.23. The van der Waals surface area contributed by atoms with Gasteiger partial charge in [-0.1, -0.05) is 40.2 Å². The Labute approximate surface area is 207 Å². The standard InChI is InChI=1S/C26H19BrF3NO4/c1-14-12-16(8-11-20(14)27)23(32)21-22(15-6-9-19(35-2)10-7-15)31(25(34)24(21)33)18-5-3-4-17(13-18)26(28,29)30/h3-13,22,32H,1-2H3/b23-21+. The van der Waals surface area contributed by atoms with Crippen LogP contribution in [0.1, 0.15) is 28.3 Å². The molecule has 1 aliphatic rings. The molecule has 1 heterocycles. The number of benzene rings is 3. The molecule has 1 fully saturated rings. The van der Waals surface area contributed by atoms with Crippen LogP contribution in [0.4, 0.5) is 18.9 Å². The van der Waals surface area contributed by atoms with Gasteiger partial charge in [0.1, 0.15) is 11.5 Å². The van der Waals surface area contributed by atoms with Gasteiger partial charge in [-0.15, -0.1) is 0 Å². The van der Waals surface area contributed by atoms with Crippen molar-refractivity contribution in [3.05, 3.63) is 99.0 Å². The predicted octanol–water partition coefficient (Wildman–Crippen LogP) is 6.41. The second-order valence-corrected chi connectivity index (χ2v) is 8.81. The van der Waals surface area contributed by atoms with E-state index in [0.717, 1.165) is 27.1 Å². The zero-order chi connectivity index (χ0) is 25.5. The summed E-state index contributed by atoms with van der Waals surface area (Å²) in [5.74, 6) is -1.95. The quantitative estimate of drug-likeness (QED) is 0.233. The molecule has 1 unspecified atom stereocenters. The minimum Gasteiger partial charge on any atom is -0.507 e. The van der Waals surface area contributed by atoms with Gasteiger partial charge in [-0.05, 0) is 60.5 Å². The number of ketones is 1. The molecule has 0 radical (unpaired) electrons. The second-order valence-electron chi connectivity index (χ2n) is 7.95. The molecule has 5 nitrogen and oxygen atoms in total. The van der Waals surface area contributed by atoms with Gasteiger partial charge in [-0.3, -0.25) is 14.5 Å². The first kappa shape index (κ1) is 24.5. The number of carbonyl (C=O) groups excluding carboxylic acids is 2. The number of carbonyl (C=O) groups is 2. The summed E-state index contributed by atoms with van der Waals surface area (Å²) >= 11 is 3.38. The van der Waals surface area contributed by atoms with Crippen molar-refractivity contribution in [1.29, 1.82) is 0 Å². The third-order valence-electron chi connectivity index (χ3n) is 5.76. The molecule has 3 aromatic rings. The molecule has 0 aliphatic carbocycles. The lowest BCUT2D eigenvalue weighted by Crippen LogP contribution is -2.29. The van der Waals surface area contributed by atoms with Crippen LogP contribution in [0, 0.1) is 6.92 Å². The molecule has 1 amide bonds. The van der Waals surface area contributed by atoms with E-state index >= 15 is 0 Å². The molecule has 1 aliphatic heterocycles. The minimum absolute atomic E-state index is 0.117. The molecule has 0 saturated carbocycles. The summed E-state index contributed by atoms with van der Waals surface area (Å²) in [6.07, 6.45) is -4.64. The summed E-state index contributed by atoms with van der Waals surface area (Å²) < 4.78 is 46.1. The Bertz CT molecular complexity index is 1350. The van der Waals surface area contributed by atoms with Crippen molar-refractivity contribution in [2.24, 2.45) is 0 Å². The number of aryl methyl sites for hydroxylation is 1. The number of ether oxygens (including phenoxy) is 1. The first-order chi connectivity index (χ1) is 16.5. The van der Waals surface area contributed by atoms with E-state index < -0.39 is 35.2 Å². The van der Waals surface area contributed by atoms with Crippen molar-refractivity contribution >= 4 is 39.1 Å². The maximum absolute atomic E-state index is 13.4. The van der Waals surface area contributed by atoms with Crippen molar-refractivity contribution in [3.8, 4) is 5.75 Å². The van der Waals surface area contributed by atoms with E-state index in [-0.39, 0.29) is 11.3 Å². The van der Waals surface area contributed by atoms with Crippen molar-refractivity contribution in [2.45, 2.75) is 19.1 Å². The Morgan fingerprint density at radius 1 is 1.03 bits per heavy atom. The highest BCUT2D eigenvalue weighted by Gasteiger charge is 2.47. The highest BCUT2D eigenvalue weighted by molar-refractivity contribution is 9.10. The number of amides is 1. The minimum atomic E-state index is -4.64. The number of hydrogen-bond acceptors (Lipinski definition) is 4. The normalized spacial score (nSPS) is 17.7. The molecule has 0 bridgehead atoms. The zero-order valence-electron chi connectivity index (χ0n) is 18.6. The summed E-state index contributed by atoms with van der Waals surface area (Å²) in [5.41, 5.74) is 0.188. The fourth-order valence-electron chi connectivity index (χ4n) is 3.98. The van der Waals surface area contributed by atoms with Crippen molar-refractivity contribution in [1.82, 2.24) is 0 Å². The number of aliphatic hydroxyl groups excluding tert-OH is 1. The van der Waals surface area contributed by atoms with Crippen LogP contribution < -0.4 is 9.64 Å². The van der Waals surface area contributed by atoms with Gasteiger partial charge < -0.3 is 9.84 Å². The lowest BCUT2D eigenvalue weighted by atomic mass is 9.94. The molecule has 3 aromatic carbocycles. The van der Waals surface area contributed by atoms with Crippen molar-refractivity contribution < 1.29 is 32.6 Å². The maximum atomic E-state index is 13.4. The summed E-state index contributed by atoms with van der Waals surface area (Å²) in [5, 5.41) is 11.2. The summed E-state index contributed by atoms with van der Waals surface area (Å²) in [4.78, 5) is 27.3. The molecule has 0 aromatic heterocycles. The average molecular weight is 546 g/mol. The molecule has 0 spiro atoms. The molecular weight excluding hydrogens is 527 g/mol. The van der Waals surface area contributed by atoms with E-state index in [4.69, 9.17) is 4.74 Å². The molecule has 1 N–H and O–H groups in total. The van der Waals surface area contributed by atoms with Crippen LogP contribution in [0.25, 0.3) is 5.76 Å². The Morgan fingerprint density at radius 2 is 1.71 bits per heavy atom. The van der Waals surface area contributed by atoms with E-state index in [1.807, 2.05) is 0 Å². The van der Waals surface area contributed by atoms with Gasteiger partial charge in [0.2, 0.25) is 0 Å². The third kappa shape index (κ3) is 4.55. The third-order valence-corrected chi connectivity index (χ3v) is 6.65. The number of aliphatic hydroxyl groups is 1.